The van der Waals surface area contributed by atoms with Gasteiger partial charge >= 0.3 is 11.9 Å². The van der Waals surface area contributed by atoms with Crippen LogP contribution in [0.15, 0.2) is 48.7 Å². The number of H-pyrrole nitrogens is 1. The van der Waals surface area contributed by atoms with Gasteiger partial charge in [0.15, 0.2) is 0 Å². The summed E-state index contributed by atoms with van der Waals surface area (Å²) in [4.78, 5) is 27.5. The first-order chi connectivity index (χ1) is 11.9. The first-order valence-electron chi connectivity index (χ1n) is 7.74. The van der Waals surface area contributed by atoms with Crippen LogP contribution in [0.2, 0.25) is 5.02 Å². The van der Waals surface area contributed by atoms with Crippen LogP contribution in [0.5, 0.6) is 5.75 Å². The SMILES string of the molecule is CC(C)OC(=O)c1ccc2[nH]cc(C(=O)Oc3ccc(Cl)cc3)c2c1. The highest BCUT2D eigenvalue weighted by atomic mass is 35.5. The van der Waals surface area contributed by atoms with Gasteiger partial charge in [-0.2, -0.15) is 0 Å². The number of esters is 2. The topological polar surface area (TPSA) is 68.4 Å². The van der Waals surface area contributed by atoms with Gasteiger partial charge in [-0.05, 0) is 56.3 Å². The quantitative estimate of drug-likeness (QED) is 0.547. The Morgan fingerprint density at radius 3 is 2.44 bits per heavy atom. The minimum absolute atomic E-state index is 0.219. The van der Waals surface area contributed by atoms with Crippen LogP contribution in [0.1, 0.15) is 34.6 Å². The minimum Gasteiger partial charge on any atom is -0.459 e. The molecule has 0 saturated heterocycles. The van der Waals surface area contributed by atoms with Gasteiger partial charge in [-0.15, -0.1) is 0 Å². The molecule has 1 N–H and O–H groups in total. The molecule has 2 aromatic carbocycles. The molecule has 128 valence electrons. The third-order valence-corrected chi connectivity index (χ3v) is 3.76. The number of hydrogen-bond donors (Lipinski definition) is 1. The zero-order valence-electron chi connectivity index (χ0n) is 13.7. The standard InChI is InChI=1S/C19H16ClNO4/c1-11(2)24-18(22)12-3-8-17-15(9-12)16(10-21-17)19(23)25-14-6-4-13(20)5-7-14/h3-11,21H,1-2H3. The van der Waals surface area contributed by atoms with E-state index >= 15 is 0 Å². The van der Waals surface area contributed by atoms with Crippen LogP contribution in [0.25, 0.3) is 10.9 Å². The normalized spacial score (nSPS) is 10.9. The second-order valence-electron chi connectivity index (χ2n) is 5.76. The summed E-state index contributed by atoms with van der Waals surface area (Å²) in [6.45, 7) is 3.56. The molecule has 1 aromatic heterocycles. The Morgan fingerprint density at radius 1 is 1.04 bits per heavy atom. The monoisotopic (exact) mass is 357 g/mol. The number of fused-ring (bicyclic) bond motifs is 1. The summed E-state index contributed by atoms with van der Waals surface area (Å²) in [6, 6.07) is 11.5. The molecular weight excluding hydrogens is 342 g/mol. The number of halogens is 1. The van der Waals surface area contributed by atoms with Crippen LogP contribution in [0.3, 0.4) is 0 Å². The Balaban J connectivity index is 1.89. The summed E-state index contributed by atoms with van der Waals surface area (Å²) < 4.78 is 10.5. The number of hydrogen-bond acceptors (Lipinski definition) is 4. The number of ether oxygens (including phenoxy) is 2. The van der Waals surface area contributed by atoms with E-state index in [9.17, 15) is 9.59 Å². The number of aromatic amines is 1. The van der Waals surface area contributed by atoms with Gasteiger partial charge in [-0.25, -0.2) is 9.59 Å². The Morgan fingerprint density at radius 2 is 1.76 bits per heavy atom. The molecule has 0 fully saturated rings. The molecule has 0 aliphatic carbocycles. The fourth-order valence-electron chi connectivity index (χ4n) is 2.36. The van der Waals surface area contributed by atoms with E-state index in [2.05, 4.69) is 4.98 Å². The summed E-state index contributed by atoms with van der Waals surface area (Å²) in [6.07, 6.45) is 1.34. The van der Waals surface area contributed by atoms with Gasteiger partial charge in [-0.1, -0.05) is 11.6 Å². The molecule has 0 bridgehead atoms. The lowest BCUT2D eigenvalue weighted by atomic mass is 10.1. The number of benzene rings is 2. The average Bonchev–Trinajstić information content (AvgIpc) is 2.99. The molecule has 5 nitrogen and oxygen atoms in total. The number of aromatic nitrogens is 1. The Labute approximate surface area is 149 Å². The maximum Gasteiger partial charge on any atom is 0.345 e. The van der Waals surface area contributed by atoms with Gasteiger partial charge in [0.2, 0.25) is 0 Å². The molecular formula is C19H16ClNO4. The minimum atomic E-state index is -0.525. The molecule has 3 rings (SSSR count). The Kier molecular flexibility index (Phi) is 4.76. The van der Waals surface area contributed by atoms with Gasteiger partial charge in [0.1, 0.15) is 5.75 Å². The Bertz CT molecular complexity index is 928. The molecule has 6 heteroatoms. The van der Waals surface area contributed by atoms with Crippen molar-refractivity contribution in [3.63, 3.8) is 0 Å². The largest absolute Gasteiger partial charge is 0.459 e. The van der Waals surface area contributed by atoms with Crippen molar-refractivity contribution >= 4 is 34.4 Å². The molecule has 0 atom stereocenters. The smallest absolute Gasteiger partial charge is 0.345 e. The zero-order chi connectivity index (χ0) is 18.0. The van der Waals surface area contributed by atoms with Crippen molar-refractivity contribution < 1.29 is 19.1 Å². The summed E-state index contributed by atoms with van der Waals surface area (Å²) in [5.74, 6) is -0.572. The molecule has 0 unspecified atom stereocenters. The molecule has 25 heavy (non-hydrogen) atoms. The molecule has 0 aliphatic heterocycles. The molecule has 0 spiro atoms. The number of rotatable bonds is 4. The molecule has 0 radical (unpaired) electrons. The highest BCUT2D eigenvalue weighted by molar-refractivity contribution is 6.30. The fraction of sp³-hybridized carbons (Fsp3) is 0.158. The van der Waals surface area contributed by atoms with E-state index in [0.29, 0.717) is 27.3 Å². The number of nitrogens with one attached hydrogen (secondary N) is 1. The first kappa shape index (κ1) is 17.0. The molecule has 3 aromatic rings. The first-order valence-corrected chi connectivity index (χ1v) is 8.11. The van der Waals surface area contributed by atoms with Crippen molar-refractivity contribution in [3.8, 4) is 5.75 Å². The fourth-order valence-corrected chi connectivity index (χ4v) is 2.49. The third-order valence-electron chi connectivity index (χ3n) is 3.50. The average molecular weight is 358 g/mol. The van der Waals surface area contributed by atoms with Crippen molar-refractivity contribution in [2.24, 2.45) is 0 Å². The summed E-state index contributed by atoms with van der Waals surface area (Å²) in [7, 11) is 0. The van der Waals surface area contributed by atoms with Crippen molar-refractivity contribution in [3.05, 3.63) is 64.8 Å². The van der Waals surface area contributed by atoms with Crippen molar-refractivity contribution in [2.75, 3.05) is 0 Å². The second-order valence-corrected chi connectivity index (χ2v) is 6.20. The van der Waals surface area contributed by atoms with Crippen LogP contribution < -0.4 is 4.74 Å². The number of carbonyl (C=O) groups is 2. The molecule has 0 aliphatic rings. The third kappa shape index (κ3) is 3.83. The predicted molar refractivity (Wildman–Crippen MR) is 95.3 cm³/mol. The van der Waals surface area contributed by atoms with E-state index in [1.54, 1.807) is 62.5 Å². The van der Waals surface area contributed by atoms with Gasteiger partial charge in [0.05, 0.1) is 17.2 Å². The summed E-state index contributed by atoms with van der Waals surface area (Å²) >= 11 is 5.82. The summed E-state index contributed by atoms with van der Waals surface area (Å²) in [5, 5.41) is 1.15. The number of carbonyl (C=O) groups excluding carboxylic acids is 2. The molecule has 0 amide bonds. The van der Waals surface area contributed by atoms with Gasteiger partial charge in [0, 0.05) is 22.1 Å². The molecule has 1 heterocycles. The van der Waals surface area contributed by atoms with E-state index < -0.39 is 11.9 Å². The lowest BCUT2D eigenvalue weighted by Gasteiger charge is -2.08. The van der Waals surface area contributed by atoms with Crippen LogP contribution in [-0.4, -0.2) is 23.0 Å². The lowest BCUT2D eigenvalue weighted by molar-refractivity contribution is 0.0377. The van der Waals surface area contributed by atoms with E-state index in [4.69, 9.17) is 21.1 Å². The summed E-state index contributed by atoms with van der Waals surface area (Å²) in [5.41, 5.74) is 1.44. The van der Waals surface area contributed by atoms with E-state index in [1.807, 2.05) is 0 Å². The van der Waals surface area contributed by atoms with E-state index in [0.717, 1.165) is 5.52 Å². The van der Waals surface area contributed by atoms with E-state index in [-0.39, 0.29) is 6.10 Å². The molecule has 0 saturated carbocycles. The van der Waals surface area contributed by atoms with Crippen molar-refractivity contribution in [2.45, 2.75) is 20.0 Å². The van der Waals surface area contributed by atoms with Crippen LogP contribution in [0.4, 0.5) is 0 Å². The van der Waals surface area contributed by atoms with E-state index in [1.165, 1.54) is 0 Å². The van der Waals surface area contributed by atoms with Crippen LogP contribution in [0, 0.1) is 0 Å². The van der Waals surface area contributed by atoms with Crippen molar-refractivity contribution in [1.82, 2.24) is 4.98 Å². The van der Waals surface area contributed by atoms with Gasteiger partial charge in [0.25, 0.3) is 0 Å². The second kappa shape index (κ2) is 6.99. The highest BCUT2D eigenvalue weighted by Gasteiger charge is 2.17. The highest BCUT2D eigenvalue weighted by Crippen LogP contribution is 2.23. The zero-order valence-corrected chi connectivity index (χ0v) is 14.5. The maximum atomic E-state index is 12.4. The van der Waals surface area contributed by atoms with Gasteiger partial charge in [-0.3, -0.25) is 0 Å². The van der Waals surface area contributed by atoms with Gasteiger partial charge < -0.3 is 14.5 Å². The van der Waals surface area contributed by atoms with Crippen LogP contribution >= 0.6 is 11.6 Å². The maximum absolute atomic E-state index is 12.4. The Hall–Kier alpha value is -2.79. The van der Waals surface area contributed by atoms with Crippen LogP contribution in [-0.2, 0) is 4.74 Å². The van der Waals surface area contributed by atoms with Crippen molar-refractivity contribution in [1.29, 1.82) is 0 Å². The lowest BCUT2D eigenvalue weighted by Crippen LogP contribution is -2.12. The predicted octanol–water partition coefficient (Wildman–Crippen LogP) is 4.61.